The average Bonchev–Trinajstić information content (AvgIpc) is 2.85. The number of aromatic nitrogens is 2. The van der Waals surface area contributed by atoms with E-state index < -0.39 is 12.0 Å². The Bertz CT molecular complexity index is 1320. The van der Waals surface area contributed by atoms with Crippen molar-refractivity contribution >= 4 is 5.97 Å². The number of carboxylic acids is 1. The molecule has 0 saturated carbocycles. The van der Waals surface area contributed by atoms with Crippen LogP contribution in [0.5, 0.6) is 0 Å². The Morgan fingerprint density at radius 3 is 2.41 bits per heavy atom. The Hall–Kier alpha value is -4.19. The summed E-state index contributed by atoms with van der Waals surface area (Å²) in [6, 6.07) is 22.7. The van der Waals surface area contributed by atoms with E-state index in [1.165, 1.54) is 6.07 Å². The number of nitrogens with zero attached hydrogens (tertiary/aromatic N) is 3. The number of rotatable bonds is 8. The van der Waals surface area contributed by atoms with E-state index in [0.717, 1.165) is 39.1 Å². The van der Waals surface area contributed by atoms with Gasteiger partial charge in [0.2, 0.25) is 0 Å². The monoisotopic (exact) mass is 451 g/mol. The Balaban J connectivity index is 1.75. The van der Waals surface area contributed by atoms with Gasteiger partial charge in [-0.1, -0.05) is 59.8 Å². The van der Waals surface area contributed by atoms with Crippen LogP contribution in [0.25, 0.3) is 11.1 Å². The summed E-state index contributed by atoms with van der Waals surface area (Å²) in [7, 11) is 0. The molecule has 0 saturated heterocycles. The lowest BCUT2D eigenvalue weighted by atomic mass is 9.82. The smallest absolute Gasteiger partial charge is 0.354 e. The third-order valence-electron chi connectivity index (χ3n) is 6.06. The molecule has 4 aromatic rings. The molecule has 0 fully saturated rings. The van der Waals surface area contributed by atoms with Crippen molar-refractivity contribution in [3.63, 3.8) is 0 Å². The first kappa shape index (κ1) is 23.0. The number of carboxylic acid groups (broad SMARTS) is 1. The summed E-state index contributed by atoms with van der Waals surface area (Å²) in [6.45, 7) is 3.97. The van der Waals surface area contributed by atoms with E-state index in [1.807, 2.05) is 43.3 Å². The van der Waals surface area contributed by atoms with Gasteiger partial charge < -0.3 is 5.11 Å². The van der Waals surface area contributed by atoms with E-state index in [9.17, 15) is 9.70 Å². The van der Waals surface area contributed by atoms with Gasteiger partial charge in [0.05, 0.1) is 0 Å². The topological polar surface area (TPSA) is 92.5 Å². The van der Waals surface area contributed by atoms with Crippen LogP contribution >= 0.6 is 0 Å². The zero-order valence-corrected chi connectivity index (χ0v) is 19.1. The van der Waals surface area contributed by atoms with Gasteiger partial charge in [-0.05, 0) is 66.3 Å². The molecule has 0 bridgehead atoms. The summed E-state index contributed by atoms with van der Waals surface area (Å²) in [5, 5.41) is 12.6. The van der Waals surface area contributed by atoms with E-state index in [4.69, 9.17) is 5.11 Å². The molecule has 0 spiro atoms. The minimum Gasteiger partial charge on any atom is -0.477 e. The minimum absolute atomic E-state index is 0.00485. The number of aromatic carboxylic acids is 1. The Labute approximate surface area is 198 Å². The molecular weight excluding hydrogens is 426 g/mol. The zero-order valence-electron chi connectivity index (χ0n) is 19.1. The summed E-state index contributed by atoms with van der Waals surface area (Å²) in [5.74, 6) is -1.12. The average molecular weight is 452 g/mol. The van der Waals surface area contributed by atoms with Crippen molar-refractivity contribution in [1.82, 2.24) is 9.97 Å². The summed E-state index contributed by atoms with van der Waals surface area (Å²) < 4.78 is 0. The molecule has 2 atom stereocenters. The second-order valence-electron chi connectivity index (χ2n) is 8.36. The molecule has 0 amide bonds. The highest BCUT2D eigenvalue weighted by Crippen LogP contribution is 2.38. The highest BCUT2D eigenvalue weighted by Gasteiger charge is 2.24. The molecule has 2 aromatic carbocycles. The molecule has 2 heterocycles. The highest BCUT2D eigenvalue weighted by molar-refractivity contribution is 5.85. The predicted molar refractivity (Wildman–Crippen MR) is 132 cm³/mol. The molecule has 6 heteroatoms. The van der Waals surface area contributed by atoms with E-state index >= 15 is 0 Å². The lowest BCUT2D eigenvalue weighted by Gasteiger charge is -2.23. The van der Waals surface area contributed by atoms with Crippen LogP contribution in [0.3, 0.4) is 0 Å². The van der Waals surface area contributed by atoms with E-state index in [0.29, 0.717) is 6.42 Å². The second-order valence-corrected chi connectivity index (χ2v) is 8.36. The molecule has 4 rings (SSSR count). The van der Waals surface area contributed by atoms with Crippen LogP contribution in [0.1, 0.15) is 56.8 Å². The van der Waals surface area contributed by atoms with Crippen LogP contribution in [0, 0.1) is 18.8 Å². The molecule has 6 nitrogen and oxygen atoms in total. The minimum atomic E-state index is -1.06. The van der Waals surface area contributed by atoms with Gasteiger partial charge in [-0.25, -0.2) is 9.78 Å². The Kier molecular flexibility index (Phi) is 6.87. The van der Waals surface area contributed by atoms with Crippen molar-refractivity contribution in [2.45, 2.75) is 32.2 Å². The van der Waals surface area contributed by atoms with Gasteiger partial charge in [0.15, 0.2) is 0 Å². The maximum absolute atomic E-state index is 11.9. The van der Waals surface area contributed by atoms with Crippen LogP contribution in [0.2, 0.25) is 0 Å². The second kappa shape index (κ2) is 10.2. The fourth-order valence-electron chi connectivity index (χ4n) is 4.28. The van der Waals surface area contributed by atoms with Gasteiger partial charge in [-0.2, -0.15) is 4.91 Å². The normalized spacial score (nSPS) is 12.6. The van der Waals surface area contributed by atoms with Crippen LogP contribution in [-0.2, 0) is 0 Å². The largest absolute Gasteiger partial charge is 0.477 e. The standard InChI is InChI=1S/C28H25N3O3/c1-18-6-3-4-9-24(18)25(16-27(31-34)22-12-13-29-19(2)14-22)21-8-5-7-20(15-21)23-10-11-26(28(32)33)30-17-23/h3-15,17,25,27H,16H2,1-2H3,(H,32,33). The molecule has 0 radical (unpaired) electrons. The summed E-state index contributed by atoms with van der Waals surface area (Å²) in [6.07, 6.45) is 3.79. The van der Waals surface area contributed by atoms with Crippen molar-refractivity contribution < 1.29 is 9.90 Å². The van der Waals surface area contributed by atoms with Gasteiger partial charge in [-0.15, -0.1) is 0 Å². The number of benzene rings is 2. The van der Waals surface area contributed by atoms with E-state index in [1.54, 1.807) is 18.5 Å². The van der Waals surface area contributed by atoms with E-state index in [2.05, 4.69) is 46.3 Å². The molecule has 0 aliphatic rings. The van der Waals surface area contributed by atoms with Crippen molar-refractivity contribution in [3.05, 3.63) is 124 Å². The Morgan fingerprint density at radius 1 is 0.912 bits per heavy atom. The number of carbonyl (C=O) groups is 1. The Morgan fingerprint density at radius 2 is 1.74 bits per heavy atom. The fourth-order valence-corrected chi connectivity index (χ4v) is 4.28. The quantitative estimate of drug-likeness (QED) is 0.309. The molecule has 0 aliphatic heterocycles. The fraction of sp³-hybridized carbons (Fsp3) is 0.179. The van der Waals surface area contributed by atoms with Crippen molar-refractivity contribution in [2.75, 3.05) is 0 Å². The van der Waals surface area contributed by atoms with Gasteiger partial charge in [0.25, 0.3) is 0 Å². The van der Waals surface area contributed by atoms with E-state index in [-0.39, 0.29) is 11.6 Å². The third kappa shape index (κ3) is 5.07. The summed E-state index contributed by atoms with van der Waals surface area (Å²) in [5.41, 5.74) is 6.78. The number of hydrogen-bond donors (Lipinski definition) is 1. The van der Waals surface area contributed by atoms with Crippen LogP contribution in [-0.4, -0.2) is 21.0 Å². The van der Waals surface area contributed by atoms with Gasteiger partial charge >= 0.3 is 5.97 Å². The van der Waals surface area contributed by atoms with Gasteiger partial charge in [-0.3, -0.25) is 4.98 Å². The SMILES string of the molecule is Cc1cc(C(CC(c2cccc(-c3ccc(C(=O)O)nc3)c2)c2ccccc2C)N=O)ccn1. The maximum atomic E-state index is 11.9. The van der Waals surface area contributed by atoms with Gasteiger partial charge in [0.1, 0.15) is 11.7 Å². The molecule has 0 aliphatic carbocycles. The van der Waals surface area contributed by atoms with Crippen molar-refractivity contribution in [3.8, 4) is 11.1 Å². The molecule has 170 valence electrons. The van der Waals surface area contributed by atoms with Gasteiger partial charge in [0, 0.05) is 29.6 Å². The highest BCUT2D eigenvalue weighted by atomic mass is 16.4. The number of hydrogen-bond acceptors (Lipinski definition) is 5. The first-order chi connectivity index (χ1) is 16.5. The molecule has 2 aromatic heterocycles. The number of pyridine rings is 2. The third-order valence-corrected chi connectivity index (χ3v) is 6.06. The number of nitroso groups, excluding NO2 is 1. The maximum Gasteiger partial charge on any atom is 0.354 e. The summed E-state index contributed by atoms with van der Waals surface area (Å²) >= 11 is 0. The summed E-state index contributed by atoms with van der Waals surface area (Å²) in [4.78, 5) is 31.4. The molecular formula is C28H25N3O3. The molecule has 34 heavy (non-hydrogen) atoms. The predicted octanol–water partition coefficient (Wildman–Crippen LogP) is 6.49. The first-order valence-corrected chi connectivity index (χ1v) is 11.1. The van der Waals surface area contributed by atoms with Crippen LogP contribution in [0.15, 0.2) is 90.4 Å². The molecule has 2 unspecified atom stereocenters. The lowest BCUT2D eigenvalue weighted by Crippen LogP contribution is -2.09. The van der Waals surface area contributed by atoms with Crippen LogP contribution in [0.4, 0.5) is 0 Å². The molecule has 1 N–H and O–H groups in total. The first-order valence-electron chi connectivity index (χ1n) is 11.1. The number of aryl methyl sites for hydroxylation is 2. The van der Waals surface area contributed by atoms with Crippen molar-refractivity contribution in [2.24, 2.45) is 5.18 Å². The van der Waals surface area contributed by atoms with Crippen LogP contribution < -0.4 is 0 Å². The lowest BCUT2D eigenvalue weighted by molar-refractivity contribution is 0.0690. The zero-order chi connectivity index (χ0) is 24.1. The van der Waals surface area contributed by atoms with Crippen molar-refractivity contribution in [1.29, 1.82) is 0 Å².